The van der Waals surface area contributed by atoms with E-state index >= 15 is 0 Å². The lowest BCUT2D eigenvalue weighted by molar-refractivity contribution is 0.181. The monoisotopic (exact) mass is 386 g/mol. The number of nitrogens with zero attached hydrogens (tertiary/aromatic N) is 2. The van der Waals surface area contributed by atoms with E-state index in [9.17, 15) is 17.2 Å². The Hall–Kier alpha value is -1.54. The fourth-order valence-corrected chi connectivity index (χ4v) is 4.42. The van der Waals surface area contributed by atoms with Gasteiger partial charge in [-0.15, -0.1) is 0 Å². The molecule has 1 fully saturated rings. The van der Waals surface area contributed by atoms with Crippen LogP contribution in [0.5, 0.6) is 0 Å². The summed E-state index contributed by atoms with van der Waals surface area (Å²) in [6, 6.07) is 9.09. The Balaban J connectivity index is 1.64. The normalized spacial score (nSPS) is 16.9. The van der Waals surface area contributed by atoms with Crippen molar-refractivity contribution in [1.29, 1.82) is 0 Å². The fourth-order valence-electron chi connectivity index (χ4n) is 2.77. The third-order valence-electron chi connectivity index (χ3n) is 4.19. The Kier molecular flexibility index (Phi) is 5.38. The molecule has 1 aliphatic rings. The molecule has 2 aromatic carbocycles. The summed E-state index contributed by atoms with van der Waals surface area (Å²) in [6.45, 7) is 2.27. The SMILES string of the molecule is O=S(=O)(c1ccc(F)cc1)N1CCN(Cc2ccc(F)cc2Cl)CC1. The summed E-state index contributed by atoms with van der Waals surface area (Å²) in [5.74, 6) is -0.857. The van der Waals surface area contributed by atoms with Crippen LogP contribution in [-0.2, 0) is 16.6 Å². The van der Waals surface area contributed by atoms with Crippen LogP contribution in [0.1, 0.15) is 5.56 Å². The number of rotatable bonds is 4. The average molecular weight is 387 g/mol. The zero-order chi connectivity index (χ0) is 18.0. The maximum absolute atomic E-state index is 13.1. The van der Waals surface area contributed by atoms with E-state index in [0.29, 0.717) is 37.7 Å². The summed E-state index contributed by atoms with van der Waals surface area (Å²) in [5, 5.41) is 0.362. The molecule has 8 heteroatoms. The first-order valence-corrected chi connectivity index (χ1v) is 9.60. The molecule has 134 valence electrons. The molecule has 0 aromatic heterocycles. The van der Waals surface area contributed by atoms with Crippen molar-refractivity contribution in [3.8, 4) is 0 Å². The van der Waals surface area contributed by atoms with E-state index in [4.69, 9.17) is 11.6 Å². The van der Waals surface area contributed by atoms with E-state index in [1.807, 2.05) is 0 Å². The third-order valence-corrected chi connectivity index (χ3v) is 6.46. The van der Waals surface area contributed by atoms with Gasteiger partial charge in [-0.2, -0.15) is 4.31 Å². The second-order valence-electron chi connectivity index (χ2n) is 5.87. The number of halogens is 3. The molecule has 2 aromatic rings. The van der Waals surface area contributed by atoms with Gasteiger partial charge < -0.3 is 0 Å². The average Bonchev–Trinajstić information content (AvgIpc) is 2.58. The van der Waals surface area contributed by atoms with Gasteiger partial charge in [0.05, 0.1) is 4.90 Å². The van der Waals surface area contributed by atoms with Crippen molar-refractivity contribution in [2.75, 3.05) is 26.2 Å². The van der Waals surface area contributed by atoms with Gasteiger partial charge in [0.1, 0.15) is 11.6 Å². The lowest BCUT2D eigenvalue weighted by Crippen LogP contribution is -2.48. The molecule has 0 saturated carbocycles. The van der Waals surface area contributed by atoms with E-state index in [-0.39, 0.29) is 10.7 Å². The predicted molar refractivity (Wildman–Crippen MR) is 91.8 cm³/mol. The summed E-state index contributed by atoms with van der Waals surface area (Å²) in [4.78, 5) is 2.15. The molecule has 0 bridgehead atoms. The highest BCUT2D eigenvalue weighted by molar-refractivity contribution is 7.89. The topological polar surface area (TPSA) is 40.6 Å². The van der Waals surface area contributed by atoms with Crippen LogP contribution in [0.15, 0.2) is 47.4 Å². The van der Waals surface area contributed by atoms with Crippen LogP contribution in [0, 0.1) is 11.6 Å². The molecule has 0 atom stereocenters. The van der Waals surface area contributed by atoms with E-state index in [0.717, 1.165) is 17.7 Å². The smallest absolute Gasteiger partial charge is 0.243 e. The van der Waals surface area contributed by atoms with Gasteiger partial charge in [0.2, 0.25) is 10.0 Å². The molecular formula is C17H17ClF2N2O2S. The van der Waals surface area contributed by atoms with Crippen molar-refractivity contribution in [2.45, 2.75) is 11.4 Å². The Morgan fingerprint density at radius 3 is 2.12 bits per heavy atom. The van der Waals surface area contributed by atoms with Crippen LogP contribution < -0.4 is 0 Å². The first-order valence-electron chi connectivity index (χ1n) is 7.78. The quantitative estimate of drug-likeness (QED) is 0.810. The van der Waals surface area contributed by atoms with Crippen LogP contribution >= 0.6 is 11.6 Å². The second kappa shape index (κ2) is 7.37. The molecular weight excluding hydrogens is 370 g/mol. The second-order valence-corrected chi connectivity index (χ2v) is 8.22. The first-order chi connectivity index (χ1) is 11.9. The van der Waals surface area contributed by atoms with Gasteiger partial charge in [-0.3, -0.25) is 4.90 Å². The molecule has 1 heterocycles. The van der Waals surface area contributed by atoms with Gasteiger partial charge in [0, 0.05) is 37.7 Å². The van der Waals surface area contributed by atoms with E-state index in [1.165, 1.54) is 28.6 Å². The maximum atomic E-state index is 13.1. The van der Waals surface area contributed by atoms with Crippen molar-refractivity contribution in [1.82, 2.24) is 9.21 Å². The summed E-state index contributed by atoms with van der Waals surface area (Å²) in [7, 11) is -3.62. The van der Waals surface area contributed by atoms with E-state index in [2.05, 4.69) is 4.90 Å². The minimum atomic E-state index is -3.62. The lowest BCUT2D eigenvalue weighted by Gasteiger charge is -2.34. The van der Waals surface area contributed by atoms with Crippen LogP contribution in [0.25, 0.3) is 0 Å². The van der Waals surface area contributed by atoms with Crippen molar-refractivity contribution >= 4 is 21.6 Å². The predicted octanol–water partition coefficient (Wildman–Crippen LogP) is 3.12. The van der Waals surface area contributed by atoms with E-state index in [1.54, 1.807) is 6.07 Å². The van der Waals surface area contributed by atoms with Crippen molar-refractivity contribution in [3.05, 3.63) is 64.7 Å². The number of hydrogen-bond donors (Lipinski definition) is 0. The molecule has 4 nitrogen and oxygen atoms in total. The van der Waals surface area contributed by atoms with Crippen LogP contribution in [-0.4, -0.2) is 43.8 Å². The van der Waals surface area contributed by atoms with Crippen LogP contribution in [0.4, 0.5) is 8.78 Å². The highest BCUT2D eigenvalue weighted by Gasteiger charge is 2.28. The largest absolute Gasteiger partial charge is 0.296 e. The number of hydrogen-bond acceptors (Lipinski definition) is 3. The molecule has 1 aliphatic heterocycles. The highest BCUT2D eigenvalue weighted by Crippen LogP contribution is 2.22. The van der Waals surface area contributed by atoms with Crippen LogP contribution in [0.2, 0.25) is 5.02 Å². The van der Waals surface area contributed by atoms with Crippen molar-refractivity contribution < 1.29 is 17.2 Å². The summed E-state index contributed by atoms with van der Waals surface area (Å²) in [6.07, 6.45) is 0. The molecule has 3 rings (SSSR count). The van der Waals surface area contributed by atoms with Gasteiger partial charge in [-0.25, -0.2) is 17.2 Å². The Morgan fingerprint density at radius 2 is 1.52 bits per heavy atom. The number of piperazine rings is 1. The Bertz CT molecular complexity index is 851. The van der Waals surface area contributed by atoms with Gasteiger partial charge in [-0.05, 0) is 42.0 Å². The minimum Gasteiger partial charge on any atom is -0.296 e. The highest BCUT2D eigenvalue weighted by atomic mass is 35.5. The van der Waals surface area contributed by atoms with Gasteiger partial charge in [0.15, 0.2) is 0 Å². The third kappa shape index (κ3) is 4.17. The maximum Gasteiger partial charge on any atom is 0.243 e. The molecule has 0 unspecified atom stereocenters. The van der Waals surface area contributed by atoms with Gasteiger partial charge in [-0.1, -0.05) is 17.7 Å². The minimum absolute atomic E-state index is 0.0870. The molecule has 0 N–H and O–H groups in total. The molecule has 0 radical (unpaired) electrons. The van der Waals surface area contributed by atoms with Gasteiger partial charge >= 0.3 is 0 Å². The Labute approximate surface area is 150 Å². The van der Waals surface area contributed by atoms with Crippen molar-refractivity contribution in [3.63, 3.8) is 0 Å². The van der Waals surface area contributed by atoms with Gasteiger partial charge in [0.25, 0.3) is 0 Å². The summed E-state index contributed by atoms with van der Waals surface area (Å²) < 4.78 is 52.6. The number of sulfonamides is 1. The molecule has 25 heavy (non-hydrogen) atoms. The first kappa shape index (κ1) is 18.3. The number of benzene rings is 2. The molecule has 1 saturated heterocycles. The fraction of sp³-hybridized carbons (Fsp3) is 0.294. The molecule has 0 aliphatic carbocycles. The summed E-state index contributed by atoms with van der Waals surface area (Å²) >= 11 is 6.04. The molecule has 0 spiro atoms. The Morgan fingerprint density at radius 1 is 0.920 bits per heavy atom. The van der Waals surface area contributed by atoms with Crippen LogP contribution in [0.3, 0.4) is 0 Å². The van der Waals surface area contributed by atoms with E-state index < -0.39 is 15.8 Å². The van der Waals surface area contributed by atoms with Crippen molar-refractivity contribution in [2.24, 2.45) is 0 Å². The lowest BCUT2D eigenvalue weighted by atomic mass is 10.2. The standard InChI is InChI=1S/C17H17ClF2N2O2S/c18-17-11-15(20)2-1-13(17)12-21-7-9-22(10-8-21)25(23,24)16-5-3-14(19)4-6-16/h1-6,11H,7-10,12H2. The zero-order valence-electron chi connectivity index (χ0n) is 13.3. The molecule has 0 amide bonds. The summed E-state index contributed by atoms with van der Waals surface area (Å²) in [5.41, 5.74) is 0.804. The zero-order valence-corrected chi connectivity index (χ0v) is 14.9.